The van der Waals surface area contributed by atoms with Crippen molar-refractivity contribution in [3.8, 4) is 21.8 Å². The van der Waals surface area contributed by atoms with Crippen LogP contribution in [0.25, 0.3) is 21.8 Å². The largest absolute Gasteiger partial charge is 0.264 e. The van der Waals surface area contributed by atoms with Crippen molar-refractivity contribution in [3.05, 3.63) is 54.2 Å². The molecule has 1 saturated heterocycles. The zero-order valence-corrected chi connectivity index (χ0v) is 15.0. The highest BCUT2D eigenvalue weighted by Gasteiger charge is 2.12. The summed E-state index contributed by atoms with van der Waals surface area (Å²) in [5.41, 5.74) is 3.28. The molecule has 4 rings (SSSR count). The quantitative estimate of drug-likeness (QED) is 0.590. The molecule has 0 radical (unpaired) electrons. The first-order valence-corrected chi connectivity index (χ1v) is 9.93. The summed E-state index contributed by atoms with van der Waals surface area (Å²) in [7, 11) is 0. The van der Waals surface area contributed by atoms with Crippen LogP contribution in [0, 0.1) is 0 Å². The first-order chi connectivity index (χ1) is 11.9. The molecule has 1 fully saturated rings. The molecule has 0 atom stereocenters. The Morgan fingerprint density at radius 1 is 0.958 bits per heavy atom. The smallest absolute Gasteiger partial charge is 0.125 e. The molecule has 0 amide bonds. The van der Waals surface area contributed by atoms with Gasteiger partial charge >= 0.3 is 0 Å². The summed E-state index contributed by atoms with van der Waals surface area (Å²) >= 11 is 3.54. The average Bonchev–Trinajstić information content (AvgIpc) is 3.14. The second kappa shape index (κ2) is 7.47. The van der Waals surface area contributed by atoms with E-state index in [1.54, 1.807) is 17.5 Å². The molecular formula is C19H19N3S2. The molecule has 1 aromatic carbocycles. The lowest BCUT2D eigenvalue weighted by atomic mass is 10.2. The van der Waals surface area contributed by atoms with Crippen LogP contribution in [0.4, 0.5) is 0 Å². The second-order valence-corrected chi connectivity index (χ2v) is 7.91. The summed E-state index contributed by atoms with van der Waals surface area (Å²) < 4.78 is 2.47. The number of thiazole rings is 1. The fourth-order valence-electron chi connectivity index (χ4n) is 2.82. The fraction of sp³-hybridized carbons (Fsp3) is 0.263. The van der Waals surface area contributed by atoms with Gasteiger partial charge in [0.15, 0.2) is 0 Å². The monoisotopic (exact) mass is 353 g/mol. The van der Waals surface area contributed by atoms with E-state index >= 15 is 0 Å². The van der Waals surface area contributed by atoms with E-state index in [4.69, 9.17) is 4.98 Å². The van der Waals surface area contributed by atoms with Gasteiger partial charge in [0.1, 0.15) is 5.01 Å². The Balaban J connectivity index is 1.48. The minimum Gasteiger partial charge on any atom is -0.264 e. The lowest BCUT2D eigenvalue weighted by Crippen LogP contribution is -2.22. The normalized spacial score (nSPS) is 15.5. The van der Waals surface area contributed by atoms with Crippen LogP contribution < -0.4 is 0 Å². The third-order valence-electron chi connectivity index (χ3n) is 4.11. The molecule has 3 aromatic rings. The minimum atomic E-state index is 1.02. The number of piperidine rings is 1. The van der Waals surface area contributed by atoms with Gasteiger partial charge in [0.25, 0.3) is 0 Å². The highest BCUT2D eigenvalue weighted by molar-refractivity contribution is 7.97. The van der Waals surface area contributed by atoms with Crippen molar-refractivity contribution in [2.45, 2.75) is 24.2 Å². The lowest BCUT2D eigenvalue weighted by molar-refractivity contribution is 0.380. The Morgan fingerprint density at radius 3 is 2.54 bits per heavy atom. The maximum absolute atomic E-state index is 4.76. The molecule has 0 N–H and O–H groups in total. The van der Waals surface area contributed by atoms with Gasteiger partial charge in [-0.3, -0.25) is 4.98 Å². The van der Waals surface area contributed by atoms with Gasteiger partial charge in [-0.1, -0.05) is 18.6 Å². The minimum absolute atomic E-state index is 1.02. The third kappa shape index (κ3) is 3.69. The third-order valence-corrected chi connectivity index (χ3v) is 6.11. The molecular weight excluding hydrogens is 334 g/mol. The zero-order chi connectivity index (χ0) is 16.2. The van der Waals surface area contributed by atoms with Crippen LogP contribution in [0.5, 0.6) is 0 Å². The zero-order valence-electron chi connectivity index (χ0n) is 13.4. The molecule has 1 aliphatic rings. The van der Waals surface area contributed by atoms with Crippen molar-refractivity contribution in [1.82, 2.24) is 14.3 Å². The van der Waals surface area contributed by atoms with Gasteiger partial charge < -0.3 is 0 Å². The van der Waals surface area contributed by atoms with Gasteiger partial charge in [-0.15, -0.1) is 11.3 Å². The van der Waals surface area contributed by atoms with E-state index in [9.17, 15) is 0 Å². The van der Waals surface area contributed by atoms with E-state index in [-0.39, 0.29) is 0 Å². The predicted octanol–water partition coefficient (Wildman–Crippen LogP) is 5.37. The van der Waals surface area contributed by atoms with Crippen LogP contribution >= 0.6 is 23.3 Å². The first kappa shape index (κ1) is 15.8. The van der Waals surface area contributed by atoms with Gasteiger partial charge in [0, 0.05) is 46.9 Å². The molecule has 0 aliphatic carbocycles. The second-order valence-electron chi connectivity index (χ2n) is 5.88. The van der Waals surface area contributed by atoms with Crippen LogP contribution in [-0.4, -0.2) is 27.4 Å². The summed E-state index contributed by atoms with van der Waals surface area (Å²) in [6, 6.07) is 12.8. The molecule has 24 heavy (non-hydrogen) atoms. The van der Waals surface area contributed by atoms with Crippen LogP contribution in [-0.2, 0) is 0 Å². The van der Waals surface area contributed by atoms with Gasteiger partial charge in [-0.2, -0.15) is 0 Å². The van der Waals surface area contributed by atoms with Crippen LogP contribution in [0.2, 0.25) is 0 Å². The standard InChI is InChI=1S/C19H19N3S2/c1-2-11-22(12-3-1)24-17-8-6-15(7-9-17)18-14-23-19(21-18)16-5-4-10-20-13-16/h4-10,13-14H,1-3,11-12H2. The molecule has 2 aromatic heterocycles. The number of aromatic nitrogens is 2. The van der Waals surface area contributed by atoms with Gasteiger partial charge in [0.05, 0.1) is 5.69 Å². The maximum atomic E-state index is 4.76. The van der Waals surface area contributed by atoms with Crippen LogP contribution in [0.3, 0.4) is 0 Å². The van der Waals surface area contributed by atoms with Crippen molar-refractivity contribution in [2.75, 3.05) is 13.1 Å². The number of pyridine rings is 1. The average molecular weight is 354 g/mol. The summed E-state index contributed by atoms with van der Waals surface area (Å²) in [6.07, 6.45) is 7.67. The Morgan fingerprint density at radius 2 is 1.79 bits per heavy atom. The van der Waals surface area contributed by atoms with Crippen molar-refractivity contribution in [2.24, 2.45) is 0 Å². The summed E-state index contributed by atoms with van der Waals surface area (Å²) in [4.78, 5) is 10.2. The van der Waals surface area contributed by atoms with Crippen LogP contribution in [0.1, 0.15) is 19.3 Å². The Hall–Kier alpha value is -1.69. The first-order valence-electron chi connectivity index (χ1n) is 8.28. The summed E-state index contributed by atoms with van der Waals surface area (Å²) in [6.45, 7) is 2.40. The number of hydrogen-bond acceptors (Lipinski definition) is 5. The van der Waals surface area contributed by atoms with Gasteiger partial charge in [-0.05, 0) is 49.1 Å². The van der Waals surface area contributed by atoms with E-state index in [1.807, 2.05) is 30.3 Å². The Kier molecular flexibility index (Phi) is 4.92. The molecule has 0 spiro atoms. The van der Waals surface area contributed by atoms with Gasteiger partial charge in [-0.25, -0.2) is 9.29 Å². The van der Waals surface area contributed by atoms with Crippen molar-refractivity contribution in [3.63, 3.8) is 0 Å². The van der Waals surface area contributed by atoms with Gasteiger partial charge in [0.2, 0.25) is 0 Å². The van der Waals surface area contributed by atoms with Crippen molar-refractivity contribution < 1.29 is 0 Å². The van der Waals surface area contributed by atoms with E-state index in [0.717, 1.165) is 16.3 Å². The predicted molar refractivity (Wildman–Crippen MR) is 102 cm³/mol. The van der Waals surface area contributed by atoms with E-state index in [2.05, 4.69) is 38.9 Å². The molecule has 5 heteroatoms. The van der Waals surface area contributed by atoms with Crippen molar-refractivity contribution in [1.29, 1.82) is 0 Å². The number of nitrogens with zero attached hydrogens (tertiary/aromatic N) is 3. The fourth-order valence-corrected chi connectivity index (χ4v) is 4.64. The van der Waals surface area contributed by atoms with E-state index in [1.165, 1.54) is 42.8 Å². The number of rotatable bonds is 4. The highest BCUT2D eigenvalue weighted by Crippen LogP contribution is 2.31. The maximum Gasteiger partial charge on any atom is 0.125 e. The highest BCUT2D eigenvalue weighted by atomic mass is 32.2. The molecule has 0 unspecified atom stereocenters. The van der Waals surface area contributed by atoms with Crippen LogP contribution in [0.15, 0.2) is 59.1 Å². The number of benzene rings is 1. The molecule has 122 valence electrons. The SMILES string of the molecule is c1cncc(-c2nc(-c3ccc(SN4CCCCC4)cc3)cs2)c1. The molecule has 0 bridgehead atoms. The Bertz CT molecular complexity index is 778. The molecule has 1 aliphatic heterocycles. The molecule has 3 heterocycles. The number of hydrogen-bond donors (Lipinski definition) is 0. The van der Waals surface area contributed by atoms with E-state index in [0.29, 0.717) is 0 Å². The Labute approximate surface area is 150 Å². The molecule has 3 nitrogen and oxygen atoms in total. The summed E-state index contributed by atoms with van der Waals surface area (Å²) in [5, 5.41) is 3.14. The molecule has 0 saturated carbocycles. The topological polar surface area (TPSA) is 29.0 Å². The van der Waals surface area contributed by atoms with E-state index < -0.39 is 0 Å². The lowest BCUT2D eigenvalue weighted by Gasteiger charge is -2.25. The summed E-state index contributed by atoms with van der Waals surface area (Å²) in [5.74, 6) is 0. The van der Waals surface area contributed by atoms with Crippen molar-refractivity contribution >= 4 is 23.3 Å².